The highest BCUT2D eigenvalue weighted by Gasteiger charge is 2.47. The third-order valence-corrected chi connectivity index (χ3v) is 4.69. The summed E-state index contributed by atoms with van der Waals surface area (Å²) in [5.41, 5.74) is 5.30. The Kier molecular flexibility index (Phi) is 4.97. The summed E-state index contributed by atoms with van der Waals surface area (Å²) in [4.78, 5) is 25.4. The van der Waals surface area contributed by atoms with Gasteiger partial charge in [0.05, 0.1) is 0 Å². The minimum absolute atomic E-state index is 0.245. The van der Waals surface area contributed by atoms with Crippen LogP contribution in [-0.4, -0.2) is 28.8 Å². The van der Waals surface area contributed by atoms with E-state index in [-0.39, 0.29) is 17.9 Å². The van der Waals surface area contributed by atoms with Gasteiger partial charge in [-0.1, -0.05) is 66.7 Å². The molecule has 2 atom stereocenters. The third-order valence-electron chi connectivity index (χ3n) is 4.69. The van der Waals surface area contributed by atoms with Crippen molar-refractivity contribution in [3.63, 3.8) is 0 Å². The number of hydrazine groups is 1. The van der Waals surface area contributed by atoms with Crippen LogP contribution in [0.15, 0.2) is 91.0 Å². The highest BCUT2D eigenvalue weighted by atomic mass is 16.2. The summed E-state index contributed by atoms with van der Waals surface area (Å²) in [7, 11) is 0. The zero-order chi connectivity index (χ0) is 19.3. The minimum atomic E-state index is -0.713. The van der Waals surface area contributed by atoms with E-state index in [1.165, 1.54) is 0 Å². The van der Waals surface area contributed by atoms with Crippen molar-refractivity contribution in [1.82, 2.24) is 10.7 Å². The minimum Gasteiger partial charge on any atom is -0.334 e. The van der Waals surface area contributed by atoms with Crippen LogP contribution >= 0.6 is 0 Å². The lowest BCUT2D eigenvalue weighted by molar-refractivity contribution is -0.596. The fourth-order valence-electron chi connectivity index (χ4n) is 3.34. The molecule has 1 heterocycles. The van der Waals surface area contributed by atoms with Gasteiger partial charge >= 0.3 is 5.91 Å². The maximum Gasteiger partial charge on any atom is 0.304 e. The van der Waals surface area contributed by atoms with E-state index >= 15 is 0 Å². The highest BCUT2D eigenvalue weighted by Crippen LogP contribution is 2.25. The molecule has 28 heavy (non-hydrogen) atoms. The highest BCUT2D eigenvalue weighted by molar-refractivity contribution is 5.98. The van der Waals surface area contributed by atoms with Gasteiger partial charge in [0.25, 0.3) is 5.91 Å². The molecule has 0 saturated carbocycles. The van der Waals surface area contributed by atoms with Crippen molar-refractivity contribution in [2.24, 2.45) is 0 Å². The van der Waals surface area contributed by atoms with Crippen molar-refractivity contribution in [2.75, 3.05) is 0 Å². The number of hydrazone groups is 1. The fourth-order valence-corrected chi connectivity index (χ4v) is 3.34. The van der Waals surface area contributed by atoms with Gasteiger partial charge in [-0.25, -0.2) is 0 Å². The Balaban J connectivity index is 1.69. The standard InChI is InChI=1S/C23H19N3O2/c27-22(19-14-8-3-9-15-19)24-20-21(18-12-6-2-7-13-18)26(25-23(20)28)16-17-10-4-1-5-11-17/h1-16,20-21H,(H-,24,25,27,28)/p+1/b26-16-/t20-,21+/m1/s1. The van der Waals surface area contributed by atoms with Gasteiger partial charge in [0, 0.05) is 16.7 Å². The molecule has 0 radical (unpaired) electrons. The molecule has 1 aliphatic rings. The first-order valence-electron chi connectivity index (χ1n) is 9.12. The summed E-state index contributed by atoms with van der Waals surface area (Å²) >= 11 is 0. The molecule has 0 aliphatic carbocycles. The Labute approximate surface area is 163 Å². The van der Waals surface area contributed by atoms with Crippen LogP contribution in [0.5, 0.6) is 0 Å². The van der Waals surface area contributed by atoms with Gasteiger partial charge in [-0.2, -0.15) is 0 Å². The van der Waals surface area contributed by atoms with E-state index in [0.29, 0.717) is 5.56 Å². The number of amides is 2. The quantitative estimate of drug-likeness (QED) is 0.694. The molecule has 1 saturated heterocycles. The van der Waals surface area contributed by atoms with E-state index < -0.39 is 6.04 Å². The van der Waals surface area contributed by atoms with Crippen LogP contribution in [-0.2, 0) is 4.79 Å². The van der Waals surface area contributed by atoms with Crippen molar-refractivity contribution >= 4 is 18.0 Å². The maximum absolute atomic E-state index is 12.7. The first kappa shape index (κ1) is 17.7. The van der Waals surface area contributed by atoms with Gasteiger partial charge in [0.1, 0.15) is 0 Å². The molecule has 3 aromatic rings. The second-order valence-corrected chi connectivity index (χ2v) is 6.60. The fraction of sp³-hybridized carbons (Fsp3) is 0.0870. The maximum atomic E-state index is 12.7. The third kappa shape index (κ3) is 3.69. The van der Waals surface area contributed by atoms with E-state index in [9.17, 15) is 9.59 Å². The molecular formula is C23H20N3O2+. The number of nitrogens with one attached hydrogen (secondary N) is 2. The van der Waals surface area contributed by atoms with Crippen LogP contribution in [0.4, 0.5) is 0 Å². The summed E-state index contributed by atoms with van der Waals surface area (Å²) in [5.74, 6) is -0.520. The van der Waals surface area contributed by atoms with Crippen LogP contribution in [0, 0.1) is 0 Å². The molecule has 2 N–H and O–H groups in total. The van der Waals surface area contributed by atoms with E-state index in [2.05, 4.69) is 10.7 Å². The molecular weight excluding hydrogens is 350 g/mol. The number of carbonyl (C=O) groups is 2. The molecule has 0 spiro atoms. The molecule has 0 aromatic heterocycles. The van der Waals surface area contributed by atoms with Crippen LogP contribution in [0.3, 0.4) is 0 Å². The van der Waals surface area contributed by atoms with Crippen molar-refractivity contribution in [1.29, 1.82) is 0 Å². The van der Waals surface area contributed by atoms with E-state index in [4.69, 9.17) is 0 Å². The Hall–Kier alpha value is -3.73. The lowest BCUT2D eigenvalue weighted by Gasteiger charge is -2.14. The Morgan fingerprint density at radius 3 is 2.07 bits per heavy atom. The molecule has 0 unspecified atom stereocenters. The topological polar surface area (TPSA) is 61.2 Å². The van der Waals surface area contributed by atoms with Crippen LogP contribution in [0.25, 0.3) is 0 Å². The lowest BCUT2D eigenvalue weighted by atomic mass is 10.00. The van der Waals surface area contributed by atoms with E-state index in [1.54, 1.807) is 28.9 Å². The molecule has 3 aromatic carbocycles. The van der Waals surface area contributed by atoms with Crippen LogP contribution in [0.1, 0.15) is 27.5 Å². The lowest BCUT2D eigenvalue weighted by Crippen LogP contribution is -2.42. The predicted molar refractivity (Wildman–Crippen MR) is 107 cm³/mol. The molecule has 2 amide bonds. The molecule has 4 rings (SSSR count). The first-order chi connectivity index (χ1) is 13.7. The molecule has 5 heteroatoms. The van der Waals surface area contributed by atoms with E-state index in [1.807, 2.05) is 72.9 Å². The Bertz CT molecular complexity index is 1000. The number of benzene rings is 3. The summed E-state index contributed by atoms with van der Waals surface area (Å²) in [6.45, 7) is 0. The van der Waals surface area contributed by atoms with Gasteiger partial charge < -0.3 is 5.32 Å². The van der Waals surface area contributed by atoms with Crippen LogP contribution < -0.4 is 10.7 Å². The zero-order valence-corrected chi connectivity index (χ0v) is 15.2. The average Bonchev–Trinajstić information content (AvgIpc) is 3.04. The Morgan fingerprint density at radius 2 is 1.43 bits per heavy atom. The average molecular weight is 370 g/mol. The van der Waals surface area contributed by atoms with Crippen molar-refractivity contribution in [3.8, 4) is 0 Å². The van der Waals surface area contributed by atoms with E-state index in [0.717, 1.165) is 11.1 Å². The van der Waals surface area contributed by atoms with Gasteiger partial charge in [0.2, 0.25) is 12.3 Å². The monoisotopic (exact) mass is 370 g/mol. The molecule has 0 bridgehead atoms. The summed E-state index contributed by atoms with van der Waals surface area (Å²) in [5, 5.41) is 2.90. The van der Waals surface area contributed by atoms with Crippen molar-refractivity contribution in [3.05, 3.63) is 108 Å². The number of nitrogens with zero attached hydrogens (tertiary/aromatic N) is 1. The van der Waals surface area contributed by atoms with Gasteiger partial charge in [-0.05, 0) is 24.3 Å². The Morgan fingerprint density at radius 1 is 0.857 bits per heavy atom. The normalized spacial score (nSPS) is 20.0. The van der Waals surface area contributed by atoms with Gasteiger partial charge in [0.15, 0.2) is 6.04 Å². The molecule has 1 fully saturated rings. The first-order valence-corrected chi connectivity index (χ1v) is 9.12. The molecule has 1 aliphatic heterocycles. The summed E-state index contributed by atoms with van der Waals surface area (Å²) in [6, 6.07) is 27.3. The van der Waals surface area contributed by atoms with Gasteiger partial charge in [-0.3, -0.25) is 9.59 Å². The SMILES string of the molecule is O=C(N[C@H]1C(=O)N/[N+](=C\c2ccccc2)[C@H]1c1ccccc1)c1ccccc1. The number of hydrogen-bond acceptors (Lipinski definition) is 2. The molecule has 138 valence electrons. The summed E-state index contributed by atoms with van der Waals surface area (Å²) < 4.78 is 1.77. The molecule has 5 nitrogen and oxygen atoms in total. The second-order valence-electron chi connectivity index (χ2n) is 6.60. The number of carbonyl (C=O) groups excluding carboxylic acids is 2. The second kappa shape index (κ2) is 7.88. The van der Waals surface area contributed by atoms with Crippen LogP contribution in [0.2, 0.25) is 0 Å². The smallest absolute Gasteiger partial charge is 0.304 e. The summed E-state index contributed by atoms with van der Waals surface area (Å²) in [6.07, 6.45) is 1.88. The largest absolute Gasteiger partial charge is 0.334 e. The number of hydrogen-bond donors (Lipinski definition) is 2. The van der Waals surface area contributed by atoms with Crippen molar-refractivity contribution < 1.29 is 14.3 Å². The zero-order valence-electron chi connectivity index (χ0n) is 15.2. The number of rotatable bonds is 4. The van der Waals surface area contributed by atoms with Gasteiger partial charge in [-0.15, -0.1) is 10.1 Å². The van der Waals surface area contributed by atoms with Crippen molar-refractivity contribution in [2.45, 2.75) is 12.1 Å². The predicted octanol–water partition coefficient (Wildman–Crippen LogP) is 2.70.